The van der Waals surface area contributed by atoms with E-state index in [0.717, 1.165) is 10.0 Å². The van der Waals surface area contributed by atoms with Crippen molar-refractivity contribution in [2.75, 3.05) is 0 Å². The third-order valence-electron chi connectivity index (χ3n) is 1.74. The predicted octanol–water partition coefficient (Wildman–Crippen LogP) is 0.630. The van der Waals surface area contributed by atoms with Crippen LogP contribution in [-0.4, -0.2) is 22.5 Å². The summed E-state index contributed by atoms with van der Waals surface area (Å²) in [6.07, 6.45) is -1.00. The third-order valence-corrected chi connectivity index (χ3v) is 2.24. The number of aliphatic hydroxyl groups excluding tert-OH is 1. The summed E-state index contributed by atoms with van der Waals surface area (Å²) in [6, 6.07) is 6.96. The Morgan fingerprint density at radius 1 is 1.38 bits per heavy atom. The second-order valence-electron chi connectivity index (χ2n) is 2.91. The fourth-order valence-corrected chi connectivity index (χ4v) is 1.49. The zero-order valence-electron chi connectivity index (χ0n) is 7.02. The molecule has 0 heterocycles. The maximum atomic E-state index is 8.77. The van der Waals surface area contributed by atoms with E-state index < -0.39 is 12.3 Å². The molecule has 4 heteroatoms. The van der Waals surface area contributed by atoms with E-state index in [0.29, 0.717) is 6.42 Å². The van der Waals surface area contributed by atoms with Crippen molar-refractivity contribution in [2.24, 2.45) is 5.73 Å². The molecular formula is C9H12BrNO2. The van der Waals surface area contributed by atoms with Gasteiger partial charge in [0.05, 0.1) is 6.04 Å². The fourth-order valence-electron chi connectivity index (χ4n) is 1.04. The minimum atomic E-state index is -1.46. The smallest absolute Gasteiger partial charge is 0.167 e. The van der Waals surface area contributed by atoms with Gasteiger partial charge in [0.25, 0.3) is 0 Å². The Morgan fingerprint density at radius 2 is 2.08 bits per heavy atom. The van der Waals surface area contributed by atoms with Gasteiger partial charge in [-0.15, -0.1) is 0 Å². The van der Waals surface area contributed by atoms with Crippen LogP contribution in [0.4, 0.5) is 0 Å². The van der Waals surface area contributed by atoms with Crippen molar-refractivity contribution in [2.45, 2.75) is 18.8 Å². The normalized spacial score (nSPS) is 13.3. The molecule has 0 spiro atoms. The van der Waals surface area contributed by atoms with Crippen LogP contribution in [0.3, 0.4) is 0 Å². The van der Waals surface area contributed by atoms with Gasteiger partial charge in [0.1, 0.15) is 0 Å². The van der Waals surface area contributed by atoms with Crippen molar-refractivity contribution in [3.63, 3.8) is 0 Å². The van der Waals surface area contributed by atoms with Crippen LogP contribution in [0.25, 0.3) is 0 Å². The second kappa shape index (κ2) is 4.72. The zero-order valence-corrected chi connectivity index (χ0v) is 8.61. The first-order valence-corrected chi connectivity index (χ1v) is 4.75. The standard InChI is InChI=1S/C9H12BrNO2/c10-7-3-1-2-6(4-7)5-8(11)9(12)13/h1-4,8-9,12-13H,5,11H2. The van der Waals surface area contributed by atoms with Crippen LogP contribution in [0, 0.1) is 0 Å². The number of nitrogens with two attached hydrogens (primary N) is 1. The van der Waals surface area contributed by atoms with Crippen LogP contribution in [0.5, 0.6) is 0 Å². The highest BCUT2D eigenvalue weighted by Gasteiger charge is 2.11. The first-order chi connectivity index (χ1) is 6.09. The van der Waals surface area contributed by atoms with Gasteiger partial charge in [0.2, 0.25) is 0 Å². The van der Waals surface area contributed by atoms with Crippen molar-refractivity contribution < 1.29 is 10.2 Å². The Bertz CT molecular complexity index is 278. The number of aliphatic hydroxyl groups is 2. The number of hydrogen-bond donors (Lipinski definition) is 3. The molecule has 0 saturated carbocycles. The van der Waals surface area contributed by atoms with E-state index in [-0.39, 0.29) is 0 Å². The van der Waals surface area contributed by atoms with E-state index in [1.807, 2.05) is 24.3 Å². The monoisotopic (exact) mass is 245 g/mol. The minimum absolute atomic E-state index is 0.455. The lowest BCUT2D eigenvalue weighted by atomic mass is 10.1. The highest BCUT2D eigenvalue weighted by molar-refractivity contribution is 9.10. The van der Waals surface area contributed by atoms with Gasteiger partial charge in [-0.1, -0.05) is 28.1 Å². The molecule has 0 aliphatic carbocycles. The molecule has 0 saturated heterocycles. The molecule has 0 aliphatic rings. The van der Waals surface area contributed by atoms with Crippen LogP contribution in [0.15, 0.2) is 28.7 Å². The highest BCUT2D eigenvalue weighted by atomic mass is 79.9. The van der Waals surface area contributed by atoms with Gasteiger partial charge in [0.15, 0.2) is 6.29 Å². The summed E-state index contributed by atoms with van der Waals surface area (Å²) in [4.78, 5) is 0. The molecule has 0 amide bonds. The summed E-state index contributed by atoms with van der Waals surface area (Å²) >= 11 is 3.32. The quantitative estimate of drug-likeness (QED) is 0.685. The van der Waals surface area contributed by atoms with Crippen LogP contribution >= 0.6 is 15.9 Å². The lowest BCUT2D eigenvalue weighted by Crippen LogP contribution is -2.36. The molecule has 1 aromatic rings. The predicted molar refractivity (Wildman–Crippen MR) is 54.0 cm³/mol. The van der Waals surface area contributed by atoms with Crippen LogP contribution in [-0.2, 0) is 6.42 Å². The SMILES string of the molecule is NC(Cc1cccc(Br)c1)C(O)O. The lowest BCUT2D eigenvalue weighted by molar-refractivity contribution is -0.0577. The first kappa shape index (κ1) is 10.7. The number of hydrogen-bond acceptors (Lipinski definition) is 3. The molecule has 3 nitrogen and oxygen atoms in total. The van der Waals surface area contributed by atoms with Gasteiger partial charge in [-0.25, -0.2) is 0 Å². The summed E-state index contributed by atoms with van der Waals surface area (Å²) in [6.45, 7) is 0. The Hall–Kier alpha value is -0.420. The molecule has 4 N–H and O–H groups in total. The lowest BCUT2D eigenvalue weighted by Gasteiger charge is -2.13. The second-order valence-corrected chi connectivity index (χ2v) is 3.83. The molecule has 72 valence electrons. The van der Waals surface area contributed by atoms with E-state index in [1.54, 1.807) is 0 Å². The molecule has 1 aromatic carbocycles. The molecule has 13 heavy (non-hydrogen) atoms. The van der Waals surface area contributed by atoms with E-state index >= 15 is 0 Å². The van der Waals surface area contributed by atoms with Gasteiger partial charge in [0, 0.05) is 4.47 Å². The number of rotatable bonds is 3. The molecule has 0 fully saturated rings. The Kier molecular flexibility index (Phi) is 3.87. The van der Waals surface area contributed by atoms with Crippen LogP contribution < -0.4 is 5.73 Å². The maximum Gasteiger partial charge on any atom is 0.167 e. The van der Waals surface area contributed by atoms with Crippen LogP contribution in [0.1, 0.15) is 5.56 Å². The first-order valence-electron chi connectivity index (χ1n) is 3.96. The van der Waals surface area contributed by atoms with Crippen molar-refractivity contribution >= 4 is 15.9 Å². The van der Waals surface area contributed by atoms with Gasteiger partial charge < -0.3 is 15.9 Å². The van der Waals surface area contributed by atoms with Crippen molar-refractivity contribution in [3.8, 4) is 0 Å². The average molecular weight is 246 g/mol. The van der Waals surface area contributed by atoms with E-state index in [4.69, 9.17) is 15.9 Å². The van der Waals surface area contributed by atoms with Gasteiger partial charge in [-0.3, -0.25) is 0 Å². The molecular weight excluding hydrogens is 234 g/mol. The van der Waals surface area contributed by atoms with E-state index in [9.17, 15) is 0 Å². The molecule has 0 aromatic heterocycles. The van der Waals surface area contributed by atoms with Gasteiger partial charge in [-0.2, -0.15) is 0 Å². The van der Waals surface area contributed by atoms with Crippen molar-refractivity contribution in [3.05, 3.63) is 34.3 Å². The summed E-state index contributed by atoms with van der Waals surface area (Å²) in [7, 11) is 0. The molecule has 0 aliphatic heterocycles. The van der Waals surface area contributed by atoms with Crippen molar-refractivity contribution in [1.29, 1.82) is 0 Å². The van der Waals surface area contributed by atoms with E-state index in [2.05, 4.69) is 15.9 Å². The average Bonchev–Trinajstić information content (AvgIpc) is 2.04. The zero-order chi connectivity index (χ0) is 9.84. The van der Waals surface area contributed by atoms with Gasteiger partial charge >= 0.3 is 0 Å². The third kappa shape index (κ3) is 3.44. The van der Waals surface area contributed by atoms with Crippen LogP contribution in [0.2, 0.25) is 0 Å². The summed E-state index contributed by atoms with van der Waals surface area (Å²) in [5, 5.41) is 17.5. The van der Waals surface area contributed by atoms with Gasteiger partial charge in [-0.05, 0) is 24.1 Å². The number of benzene rings is 1. The molecule has 1 atom stereocenters. The largest absolute Gasteiger partial charge is 0.367 e. The van der Waals surface area contributed by atoms with E-state index in [1.165, 1.54) is 0 Å². The number of halogens is 1. The minimum Gasteiger partial charge on any atom is -0.367 e. The Balaban J connectivity index is 2.64. The molecule has 0 radical (unpaired) electrons. The topological polar surface area (TPSA) is 66.5 Å². The highest BCUT2D eigenvalue weighted by Crippen LogP contribution is 2.13. The molecule has 0 bridgehead atoms. The summed E-state index contributed by atoms with van der Waals surface area (Å²) < 4.78 is 0.963. The summed E-state index contributed by atoms with van der Waals surface area (Å²) in [5.74, 6) is 0. The maximum absolute atomic E-state index is 8.77. The fraction of sp³-hybridized carbons (Fsp3) is 0.333. The Morgan fingerprint density at radius 3 is 2.62 bits per heavy atom. The molecule has 1 rings (SSSR count). The van der Waals surface area contributed by atoms with Crippen molar-refractivity contribution in [1.82, 2.24) is 0 Å². The summed E-state index contributed by atoms with van der Waals surface area (Å²) in [5.41, 5.74) is 6.46. The molecule has 1 unspecified atom stereocenters. The Labute approximate surface area is 85.3 Å².